The van der Waals surface area contributed by atoms with E-state index in [9.17, 15) is 29.1 Å². The van der Waals surface area contributed by atoms with Gasteiger partial charge in [-0.1, -0.05) is 41.4 Å². The van der Waals surface area contributed by atoms with E-state index in [1.54, 1.807) is 43.3 Å². The number of hydrogen-bond donors (Lipinski definition) is 1. The summed E-state index contributed by atoms with van der Waals surface area (Å²) in [6, 6.07) is 11.7. The summed E-state index contributed by atoms with van der Waals surface area (Å²) in [7, 11) is 2.47. The molecule has 0 unspecified atom stereocenters. The molecule has 6 atom stereocenters. The third-order valence-corrected chi connectivity index (χ3v) is 9.54. The van der Waals surface area contributed by atoms with Crippen LogP contribution in [0.2, 0.25) is 5.02 Å². The van der Waals surface area contributed by atoms with Crippen LogP contribution in [0, 0.1) is 29.1 Å². The molecule has 2 saturated heterocycles. The molecule has 4 aliphatic rings. The SMILES string of the molecule is COC(=O)N1C(=O)[C@H]2[C@H](CC=C3[C@H]2C[C@H]2C(=O)N(c4ccccc4)C(=O)[C@@]2(C)[C@H]3c2cc(Cl)c(O)c(OC)c2)C1=O. The van der Waals surface area contributed by atoms with Gasteiger partial charge in [-0.05, 0) is 55.5 Å². The van der Waals surface area contributed by atoms with E-state index in [1.165, 1.54) is 18.1 Å². The number of nitrogens with zero attached hydrogens (tertiary/aromatic N) is 2. The Balaban J connectivity index is 1.55. The lowest BCUT2D eigenvalue weighted by Crippen LogP contribution is -2.49. The number of phenolic OH excluding ortho intramolecular Hbond substituents is 1. The zero-order valence-electron chi connectivity index (χ0n) is 22.5. The highest BCUT2D eigenvalue weighted by Gasteiger charge is 2.68. The maximum absolute atomic E-state index is 14.3. The number of rotatable bonds is 3. The molecule has 11 heteroatoms. The van der Waals surface area contributed by atoms with E-state index >= 15 is 0 Å². The number of ether oxygens (including phenoxy) is 2. The minimum atomic E-state index is -1.29. The Morgan fingerprint density at radius 3 is 2.39 bits per heavy atom. The Kier molecular flexibility index (Phi) is 6.22. The monoisotopic (exact) mass is 578 g/mol. The lowest BCUT2D eigenvalue weighted by atomic mass is 9.51. The maximum atomic E-state index is 14.3. The summed E-state index contributed by atoms with van der Waals surface area (Å²) < 4.78 is 10.1. The van der Waals surface area contributed by atoms with E-state index in [0.717, 1.165) is 7.11 Å². The number of aromatic hydroxyl groups is 1. The van der Waals surface area contributed by atoms with Crippen molar-refractivity contribution in [3.8, 4) is 11.5 Å². The van der Waals surface area contributed by atoms with Gasteiger partial charge >= 0.3 is 6.09 Å². The third kappa shape index (κ3) is 3.59. The van der Waals surface area contributed by atoms with Crippen molar-refractivity contribution in [1.29, 1.82) is 0 Å². The third-order valence-electron chi connectivity index (χ3n) is 9.25. The number of phenols is 1. The number of anilines is 1. The number of allylic oxidation sites excluding steroid dienone is 2. The number of hydrogen-bond acceptors (Lipinski definition) is 8. The summed E-state index contributed by atoms with van der Waals surface area (Å²) in [6.45, 7) is 1.74. The molecule has 1 N–H and O–H groups in total. The molecule has 0 aromatic heterocycles. The highest BCUT2D eigenvalue weighted by atomic mass is 35.5. The largest absolute Gasteiger partial charge is 0.503 e. The number of imide groups is 4. The number of fused-ring (bicyclic) bond motifs is 4. The van der Waals surface area contributed by atoms with Crippen molar-refractivity contribution in [2.24, 2.45) is 29.1 Å². The number of carbonyl (C=O) groups excluding carboxylic acids is 5. The van der Waals surface area contributed by atoms with Gasteiger partial charge in [0, 0.05) is 5.92 Å². The topological polar surface area (TPSA) is 131 Å². The fourth-order valence-electron chi connectivity index (χ4n) is 7.41. The number of likely N-dealkylation sites (tertiary alicyclic amines) is 1. The molecule has 212 valence electrons. The van der Waals surface area contributed by atoms with Crippen LogP contribution >= 0.6 is 11.6 Å². The van der Waals surface area contributed by atoms with Gasteiger partial charge in [0.25, 0.3) is 0 Å². The zero-order chi connectivity index (χ0) is 29.4. The van der Waals surface area contributed by atoms with Crippen molar-refractivity contribution in [2.45, 2.75) is 25.7 Å². The molecule has 3 fully saturated rings. The summed E-state index contributed by atoms with van der Waals surface area (Å²) in [4.78, 5) is 69.3. The first-order chi connectivity index (χ1) is 19.6. The fourth-order valence-corrected chi connectivity index (χ4v) is 7.63. The van der Waals surface area contributed by atoms with Crippen LogP contribution in [0.25, 0.3) is 0 Å². The van der Waals surface area contributed by atoms with Gasteiger partial charge in [-0.2, -0.15) is 4.90 Å². The Labute approximate surface area is 240 Å². The van der Waals surface area contributed by atoms with E-state index in [4.69, 9.17) is 21.1 Å². The van der Waals surface area contributed by atoms with Crippen LogP contribution in [0.4, 0.5) is 10.5 Å². The quantitative estimate of drug-likeness (QED) is 0.426. The predicted molar refractivity (Wildman–Crippen MR) is 145 cm³/mol. The highest BCUT2D eigenvalue weighted by Crippen LogP contribution is 2.64. The molecule has 1 saturated carbocycles. The second kappa shape index (κ2) is 9.44. The van der Waals surface area contributed by atoms with E-state index < -0.39 is 64.7 Å². The van der Waals surface area contributed by atoms with Crippen molar-refractivity contribution in [3.05, 3.63) is 64.7 Å². The standard InChI is InChI=1S/C30H27ClN2O8/c1-30-19(26(36)32(28(30)38)15-7-5-4-6-8-15)13-18-16(23(30)14-11-20(31)24(34)21(12-14)40-2)9-10-17-22(18)27(37)33(25(17)35)29(39)41-3/h4-9,11-12,17-19,22-23,34H,10,13H2,1-3H3/t17-,18+,19-,22-,23-,30+/m0/s1. The molecule has 2 aromatic carbocycles. The number of para-hydroxylation sites is 1. The summed E-state index contributed by atoms with van der Waals surface area (Å²) in [6.07, 6.45) is 1.09. The Bertz CT molecular complexity index is 1550. The second-order valence-corrected chi connectivity index (χ2v) is 11.4. The Morgan fingerprint density at radius 2 is 1.73 bits per heavy atom. The van der Waals surface area contributed by atoms with Gasteiger partial charge in [0.05, 0.1) is 48.1 Å². The van der Waals surface area contributed by atoms with Gasteiger partial charge < -0.3 is 14.6 Å². The van der Waals surface area contributed by atoms with Gasteiger partial charge in [-0.25, -0.2) is 9.69 Å². The van der Waals surface area contributed by atoms with Crippen molar-refractivity contribution < 1.29 is 38.6 Å². The number of carbonyl (C=O) groups is 5. The van der Waals surface area contributed by atoms with Gasteiger partial charge in [0.2, 0.25) is 23.6 Å². The van der Waals surface area contributed by atoms with Gasteiger partial charge in [-0.15, -0.1) is 0 Å². The lowest BCUT2D eigenvalue weighted by Gasteiger charge is -2.49. The number of benzene rings is 2. The zero-order valence-corrected chi connectivity index (χ0v) is 23.3. The molecule has 2 aromatic rings. The van der Waals surface area contributed by atoms with Crippen LogP contribution in [0.15, 0.2) is 54.1 Å². The van der Waals surface area contributed by atoms with Crippen molar-refractivity contribution in [2.75, 3.05) is 19.1 Å². The van der Waals surface area contributed by atoms with Crippen LogP contribution in [-0.2, 0) is 23.9 Å². The Hall–Kier alpha value is -4.18. The molecule has 5 amide bonds. The van der Waals surface area contributed by atoms with E-state index in [2.05, 4.69) is 0 Å². The van der Waals surface area contributed by atoms with E-state index in [-0.39, 0.29) is 29.4 Å². The molecule has 2 aliphatic heterocycles. The number of amides is 5. The van der Waals surface area contributed by atoms with Crippen molar-refractivity contribution >= 4 is 47.0 Å². The number of halogens is 1. The summed E-state index contributed by atoms with van der Waals surface area (Å²) >= 11 is 6.40. The molecule has 2 heterocycles. The van der Waals surface area contributed by atoms with Gasteiger partial charge in [-0.3, -0.25) is 19.2 Å². The smallest absolute Gasteiger partial charge is 0.423 e. The molecule has 10 nitrogen and oxygen atoms in total. The van der Waals surface area contributed by atoms with Crippen molar-refractivity contribution in [3.63, 3.8) is 0 Å². The van der Waals surface area contributed by atoms with E-state index in [1.807, 2.05) is 6.08 Å². The lowest BCUT2D eigenvalue weighted by molar-refractivity contribution is -0.138. The molecule has 0 spiro atoms. The molecular formula is C30H27ClN2O8. The Morgan fingerprint density at radius 1 is 1.02 bits per heavy atom. The van der Waals surface area contributed by atoms with Gasteiger partial charge in [0.15, 0.2) is 11.5 Å². The molecule has 0 bridgehead atoms. The molecule has 2 aliphatic carbocycles. The molecule has 6 rings (SSSR count). The first kappa shape index (κ1) is 27.0. The first-order valence-electron chi connectivity index (χ1n) is 13.2. The summed E-state index contributed by atoms with van der Waals surface area (Å²) in [5.41, 5.74) is 0.361. The van der Waals surface area contributed by atoms with Crippen LogP contribution in [0.3, 0.4) is 0 Å². The van der Waals surface area contributed by atoms with Crippen LogP contribution in [0.1, 0.15) is 31.2 Å². The maximum Gasteiger partial charge on any atom is 0.423 e. The average Bonchev–Trinajstić information content (AvgIpc) is 3.34. The second-order valence-electron chi connectivity index (χ2n) is 11.0. The first-order valence-corrected chi connectivity index (χ1v) is 13.6. The predicted octanol–water partition coefficient (Wildman–Crippen LogP) is 4.05. The average molecular weight is 579 g/mol. The van der Waals surface area contributed by atoms with Crippen LogP contribution in [-0.4, -0.2) is 53.9 Å². The summed E-state index contributed by atoms with van der Waals surface area (Å²) in [5, 5.41) is 10.4. The summed E-state index contributed by atoms with van der Waals surface area (Å²) in [5.74, 6) is -6.23. The molecular weight excluding hydrogens is 552 g/mol. The minimum Gasteiger partial charge on any atom is -0.503 e. The van der Waals surface area contributed by atoms with Crippen molar-refractivity contribution in [1.82, 2.24) is 4.90 Å². The normalized spacial score (nSPS) is 30.5. The van der Waals surface area contributed by atoms with Crippen LogP contribution in [0.5, 0.6) is 11.5 Å². The van der Waals surface area contributed by atoms with Crippen LogP contribution < -0.4 is 9.64 Å². The van der Waals surface area contributed by atoms with E-state index in [0.29, 0.717) is 21.7 Å². The minimum absolute atomic E-state index is 0.00316. The van der Waals surface area contributed by atoms with Gasteiger partial charge in [0.1, 0.15) is 0 Å². The number of methoxy groups -OCH3 is 2. The molecule has 41 heavy (non-hydrogen) atoms. The highest BCUT2D eigenvalue weighted by molar-refractivity contribution is 6.32. The molecule has 0 radical (unpaired) electrons. The fraction of sp³-hybridized carbons (Fsp3) is 0.367.